The van der Waals surface area contributed by atoms with Gasteiger partial charge in [0.1, 0.15) is 9.96 Å². The van der Waals surface area contributed by atoms with Gasteiger partial charge in [-0.1, -0.05) is 29.3 Å². The molecule has 34 heavy (non-hydrogen) atoms. The average molecular weight is 535 g/mol. The molecule has 0 aliphatic rings. The normalized spacial score (nSPS) is 11.6. The van der Waals surface area contributed by atoms with E-state index in [1.807, 2.05) is 25.1 Å². The number of carbonyl (C=O) groups excluding carboxylic acids is 1. The molecule has 0 fully saturated rings. The van der Waals surface area contributed by atoms with Crippen LogP contribution in [0, 0.1) is 0 Å². The molecule has 0 unspecified atom stereocenters. The van der Waals surface area contributed by atoms with Gasteiger partial charge in [0, 0.05) is 30.2 Å². The summed E-state index contributed by atoms with van der Waals surface area (Å²) in [4.78, 5) is 25.5. The fourth-order valence-corrected chi connectivity index (χ4v) is 6.74. The monoisotopic (exact) mass is 534 g/mol. The molecule has 0 saturated heterocycles. The number of nitrogens with zero attached hydrogens (tertiary/aromatic N) is 1. The second-order valence-electron chi connectivity index (χ2n) is 7.64. The highest BCUT2D eigenvalue weighted by atomic mass is 35.5. The van der Waals surface area contributed by atoms with Crippen molar-refractivity contribution in [3.05, 3.63) is 86.1 Å². The molecule has 0 saturated carbocycles. The Bertz CT molecular complexity index is 1560. The predicted molar refractivity (Wildman–Crippen MR) is 139 cm³/mol. The molecule has 0 radical (unpaired) electrons. The van der Waals surface area contributed by atoms with Gasteiger partial charge < -0.3 is 5.32 Å². The Morgan fingerprint density at radius 1 is 1.06 bits per heavy atom. The minimum atomic E-state index is -3.75. The number of rotatable bonds is 8. The lowest BCUT2D eigenvalue weighted by Crippen LogP contribution is -2.19. The smallest absolute Gasteiger partial charge is 0.262 e. The fourth-order valence-electron chi connectivity index (χ4n) is 3.63. The van der Waals surface area contributed by atoms with Gasteiger partial charge in [-0.25, -0.2) is 8.42 Å². The molecule has 1 N–H and O–H groups in total. The second-order valence-corrected chi connectivity index (χ2v) is 12.0. The van der Waals surface area contributed by atoms with Gasteiger partial charge >= 0.3 is 0 Å². The molecule has 0 bridgehead atoms. The molecule has 6 nitrogen and oxygen atoms in total. The minimum Gasteiger partial charge on any atom is -0.385 e. The third-order valence-electron chi connectivity index (χ3n) is 5.16. The summed E-state index contributed by atoms with van der Waals surface area (Å²) in [6, 6.07) is 15.2. The largest absolute Gasteiger partial charge is 0.385 e. The fraction of sp³-hybridized carbons (Fsp3) is 0.167. The maximum atomic E-state index is 13.1. The first-order chi connectivity index (χ1) is 16.2. The van der Waals surface area contributed by atoms with Crippen molar-refractivity contribution in [3.8, 4) is 5.69 Å². The average Bonchev–Trinajstić information content (AvgIpc) is 3.22. The third-order valence-corrected chi connectivity index (χ3v) is 8.96. The van der Waals surface area contributed by atoms with Gasteiger partial charge in [0.15, 0.2) is 15.6 Å². The zero-order valence-electron chi connectivity index (χ0n) is 18.0. The van der Waals surface area contributed by atoms with Crippen LogP contribution in [-0.2, 0) is 21.1 Å². The zero-order valence-corrected chi connectivity index (χ0v) is 21.2. The van der Waals surface area contributed by atoms with Gasteiger partial charge in [0.05, 0.1) is 15.0 Å². The molecule has 10 heteroatoms. The van der Waals surface area contributed by atoms with Crippen LogP contribution < -0.4 is 10.9 Å². The van der Waals surface area contributed by atoms with Crippen LogP contribution in [0.5, 0.6) is 0 Å². The van der Waals surface area contributed by atoms with Crippen LogP contribution in [0.4, 0.5) is 5.69 Å². The van der Waals surface area contributed by atoms with Crippen molar-refractivity contribution in [3.63, 3.8) is 0 Å². The lowest BCUT2D eigenvalue weighted by Gasteiger charge is -2.12. The lowest BCUT2D eigenvalue weighted by atomic mass is 10.1. The first kappa shape index (κ1) is 24.5. The van der Waals surface area contributed by atoms with E-state index in [2.05, 4.69) is 5.32 Å². The van der Waals surface area contributed by atoms with Gasteiger partial charge in [-0.3, -0.25) is 14.2 Å². The van der Waals surface area contributed by atoms with E-state index in [4.69, 9.17) is 23.2 Å². The standard InChI is InChI=1S/C24H20Cl2N2O4S2/c1-2-27-17-4-5-19-16(13-17)9-10-28(24(19)30)21-6-3-15(12-20(21)25)11-18(29)14-34(31,32)23-8-7-22(26)33-23/h3-10,12-13,27H,2,11,14H2,1H3. The van der Waals surface area contributed by atoms with Crippen molar-refractivity contribution < 1.29 is 13.2 Å². The van der Waals surface area contributed by atoms with Crippen LogP contribution in [0.25, 0.3) is 16.5 Å². The number of sulfone groups is 1. The Kier molecular flexibility index (Phi) is 7.14. The topological polar surface area (TPSA) is 85.2 Å². The highest BCUT2D eigenvalue weighted by Crippen LogP contribution is 2.27. The summed E-state index contributed by atoms with van der Waals surface area (Å²) in [5.74, 6) is -1.09. The number of anilines is 1. The number of hydrogen-bond acceptors (Lipinski definition) is 6. The maximum absolute atomic E-state index is 13.1. The molecule has 2 aromatic heterocycles. The molecule has 0 aliphatic carbocycles. The summed E-state index contributed by atoms with van der Waals surface area (Å²) in [5, 5.41) is 4.87. The molecule has 2 aromatic carbocycles. The summed E-state index contributed by atoms with van der Waals surface area (Å²) < 4.78 is 26.7. The molecule has 0 amide bonds. The molecule has 176 valence electrons. The number of nitrogens with one attached hydrogen (secondary N) is 1. The Morgan fingerprint density at radius 3 is 2.53 bits per heavy atom. The molecular formula is C24H20Cl2N2O4S2. The van der Waals surface area contributed by atoms with Crippen LogP contribution in [0.15, 0.2) is 69.8 Å². The van der Waals surface area contributed by atoms with Crippen LogP contribution in [0.1, 0.15) is 12.5 Å². The number of pyridine rings is 1. The summed E-state index contributed by atoms with van der Waals surface area (Å²) in [7, 11) is -3.75. The van der Waals surface area contributed by atoms with E-state index in [0.717, 1.165) is 29.0 Å². The van der Waals surface area contributed by atoms with Crippen LogP contribution in [0.2, 0.25) is 9.36 Å². The summed E-state index contributed by atoms with van der Waals surface area (Å²) in [6.45, 7) is 2.78. The van der Waals surface area contributed by atoms with Crippen LogP contribution in [-0.4, -0.2) is 31.1 Å². The molecule has 2 heterocycles. The van der Waals surface area contributed by atoms with Crippen molar-refractivity contribution in [1.82, 2.24) is 4.57 Å². The van der Waals surface area contributed by atoms with E-state index in [9.17, 15) is 18.0 Å². The summed E-state index contributed by atoms with van der Waals surface area (Å²) in [5.41, 5.74) is 1.75. The number of fused-ring (bicyclic) bond motifs is 1. The van der Waals surface area contributed by atoms with E-state index in [0.29, 0.717) is 21.0 Å². The summed E-state index contributed by atoms with van der Waals surface area (Å²) in [6.07, 6.45) is 1.56. The molecule has 4 aromatic rings. The Morgan fingerprint density at radius 2 is 1.85 bits per heavy atom. The van der Waals surface area contributed by atoms with Crippen LogP contribution in [0.3, 0.4) is 0 Å². The number of aromatic nitrogens is 1. The number of hydrogen-bond donors (Lipinski definition) is 1. The van der Waals surface area contributed by atoms with E-state index in [1.165, 1.54) is 16.7 Å². The van der Waals surface area contributed by atoms with Crippen molar-refractivity contribution in [2.75, 3.05) is 17.6 Å². The van der Waals surface area contributed by atoms with Gasteiger partial charge in [-0.2, -0.15) is 0 Å². The Labute approximate surface area is 210 Å². The molecule has 0 atom stereocenters. The third kappa shape index (κ3) is 5.20. The number of thiophene rings is 1. The maximum Gasteiger partial charge on any atom is 0.262 e. The van der Waals surface area contributed by atoms with Gasteiger partial charge in [0.25, 0.3) is 5.56 Å². The molecule has 0 aliphatic heterocycles. The van der Waals surface area contributed by atoms with Crippen LogP contribution >= 0.6 is 34.5 Å². The summed E-state index contributed by atoms with van der Waals surface area (Å²) >= 11 is 13.2. The second kappa shape index (κ2) is 9.92. The van der Waals surface area contributed by atoms with E-state index < -0.39 is 21.4 Å². The predicted octanol–water partition coefficient (Wildman–Crippen LogP) is 5.38. The zero-order chi connectivity index (χ0) is 24.5. The quantitative estimate of drug-likeness (QED) is 0.328. The Hall–Kier alpha value is -2.65. The van der Waals surface area contributed by atoms with Crippen molar-refractivity contribution in [1.29, 1.82) is 0 Å². The SMILES string of the molecule is CCNc1ccc2c(=O)n(-c3ccc(CC(=O)CS(=O)(=O)c4ccc(Cl)s4)cc3Cl)ccc2c1. The number of carbonyl (C=O) groups is 1. The van der Waals surface area contributed by atoms with E-state index in [1.54, 1.807) is 30.5 Å². The van der Waals surface area contributed by atoms with Gasteiger partial charge in [-0.15, -0.1) is 11.3 Å². The number of ketones is 1. The highest BCUT2D eigenvalue weighted by Gasteiger charge is 2.21. The van der Waals surface area contributed by atoms with Crippen molar-refractivity contribution in [2.24, 2.45) is 0 Å². The first-order valence-corrected chi connectivity index (χ1v) is 13.6. The Balaban J connectivity index is 1.56. The molecular weight excluding hydrogens is 515 g/mol. The highest BCUT2D eigenvalue weighted by molar-refractivity contribution is 7.94. The minimum absolute atomic E-state index is 0.0625. The number of Topliss-reactive ketones (excluding diaryl/α,β-unsaturated/α-hetero) is 1. The number of halogens is 2. The van der Waals surface area contributed by atoms with Crippen molar-refractivity contribution in [2.45, 2.75) is 17.6 Å². The van der Waals surface area contributed by atoms with Gasteiger partial charge in [0.2, 0.25) is 0 Å². The first-order valence-electron chi connectivity index (χ1n) is 10.4. The molecule has 0 spiro atoms. The van der Waals surface area contributed by atoms with E-state index >= 15 is 0 Å². The number of benzene rings is 2. The van der Waals surface area contributed by atoms with Crippen molar-refractivity contribution >= 4 is 66.6 Å². The molecule has 4 rings (SSSR count). The van der Waals surface area contributed by atoms with E-state index in [-0.39, 0.29) is 21.2 Å². The lowest BCUT2D eigenvalue weighted by molar-refractivity contribution is -0.116. The van der Waals surface area contributed by atoms with Gasteiger partial charge in [-0.05, 0) is 66.4 Å².